The number of aliphatic hydroxyl groups excluding tert-OH is 1. The fourth-order valence-corrected chi connectivity index (χ4v) is 0.745. The molecule has 0 aliphatic rings. The number of hydrogen-bond donors (Lipinski definition) is 1. The van der Waals surface area contributed by atoms with E-state index in [9.17, 15) is 0 Å². The molecule has 2 heteroatoms. The number of aliphatic hydroxyl groups is 1. The molecule has 0 saturated heterocycles. The summed E-state index contributed by atoms with van der Waals surface area (Å²) in [7, 11) is 0. The van der Waals surface area contributed by atoms with Gasteiger partial charge in [-0.2, -0.15) is 0 Å². The van der Waals surface area contributed by atoms with Crippen molar-refractivity contribution in [3.05, 3.63) is 0 Å². The molecular formula is C8H18O2. The predicted octanol–water partition coefficient (Wildman–Crippen LogP) is 1.78. The second-order valence-corrected chi connectivity index (χ2v) is 3.01. The van der Waals surface area contributed by atoms with Gasteiger partial charge in [-0.1, -0.05) is 13.8 Å². The summed E-state index contributed by atoms with van der Waals surface area (Å²) < 4.78 is 4.95. The van der Waals surface area contributed by atoms with Gasteiger partial charge in [-0.05, 0) is 25.7 Å². The lowest BCUT2D eigenvalue weighted by molar-refractivity contribution is -0.0863. The minimum absolute atomic E-state index is 0.604. The smallest absolute Gasteiger partial charge is 0.151 e. The van der Waals surface area contributed by atoms with Gasteiger partial charge in [0, 0.05) is 6.61 Å². The molecule has 0 amide bonds. The quantitative estimate of drug-likeness (QED) is 0.473. The second kappa shape index (κ2) is 5.69. The average molecular weight is 146 g/mol. The van der Waals surface area contributed by atoms with Crippen LogP contribution in [0.2, 0.25) is 0 Å². The zero-order chi connectivity index (χ0) is 7.98. The minimum Gasteiger partial charge on any atom is -0.368 e. The van der Waals surface area contributed by atoms with Gasteiger partial charge in [-0.3, -0.25) is 0 Å². The van der Waals surface area contributed by atoms with E-state index in [4.69, 9.17) is 9.84 Å². The maximum atomic E-state index is 8.70. The molecule has 0 aromatic heterocycles. The van der Waals surface area contributed by atoms with E-state index < -0.39 is 6.29 Å². The second-order valence-electron chi connectivity index (χ2n) is 3.01. The zero-order valence-corrected chi connectivity index (χ0v) is 7.13. The van der Waals surface area contributed by atoms with Crippen molar-refractivity contribution >= 4 is 0 Å². The largest absolute Gasteiger partial charge is 0.368 e. The highest BCUT2D eigenvalue weighted by Crippen LogP contribution is 2.03. The van der Waals surface area contributed by atoms with E-state index in [-0.39, 0.29) is 0 Å². The van der Waals surface area contributed by atoms with Gasteiger partial charge in [-0.15, -0.1) is 0 Å². The standard InChI is InChI=1S/C8H18O2/c1-7(2)5-4-6-10-8(3)9/h7-9H,4-6H2,1-3H3. The first-order valence-electron chi connectivity index (χ1n) is 3.92. The van der Waals surface area contributed by atoms with Crippen LogP contribution in [0.25, 0.3) is 0 Å². The zero-order valence-electron chi connectivity index (χ0n) is 7.13. The first-order valence-corrected chi connectivity index (χ1v) is 3.92. The molecule has 0 aromatic rings. The predicted molar refractivity (Wildman–Crippen MR) is 41.7 cm³/mol. The first kappa shape index (κ1) is 9.92. The molecule has 0 saturated carbocycles. The normalized spacial score (nSPS) is 14.1. The third-order valence-electron chi connectivity index (χ3n) is 1.28. The molecule has 0 aliphatic carbocycles. The average Bonchev–Trinajstić information content (AvgIpc) is 1.79. The van der Waals surface area contributed by atoms with Crippen LogP contribution >= 0.6 is 0 Å². The Morgan fingerprint density at radius 1 is 1.30 bits per heavy atom. The molecule has 0 heterocycles. The molecule has 1 N–H and O–H groups in total. The van der Waals surface area contributed by atoms with Crippen molar-refractivity contribution in [2.45, 2.75) is 39.9 Å². The van der Waals surface area contributed by atoms with Crippen molar-refractivity contribution < 1.29 is 9.84 Å². The molecule has 0 rings (SSSR count). The Hall–Kier alpha value is -0.0800. The highest BCUT2D eigenvalue weighted by Gasteiger charge is 1.96. The van der Waals surface area contributed by atoms with Crippen LogP contribution in [0.5, 0.6) is 0 Å². The van der Waals surface area contributed by atoms with Gasteiger partial charge in [0.1, 0.15) is 0 Å². The van der Waals surface area contributed by atoms with E-state index in [2.05, 4.69) is 13.8 Å². The summed E-state index contributed by atoms with van der Waals surface area (Å²) in [5.41, 5.74) is 0. The van der Waals surface area contributed by atoms with E-state index in [1.165, 1.54) is 6.42 Å². The van der Waals surface area contributed by atoms with Crippen LogP contribution in [0.15, 0.2) is 0 Å². The molecule has 1 unspecified atom stereocenters. The fraction of sp³-hybridized carbons (Fsp3) is 1.00. The Kier molecular flexibility index (Phi) is 5.64. The Morgan fingerprint density at radius 2 is 1.90 bits per heavy atom. The molecule has 62 valence electrons. The van der Waals surface area contributed by atoms with Gasteiger partial charge in [0.25, 0.3) is 0 Å². The van der Waals surface area contributed by atoms with Gasteiger partial charge >= 0.3 is 0 Å². The first-order chi connectivity index (χ1) is 4.63. The molecule has 0 radical (unpaired) electrons. The molecule has 0 spiro atoms. The van der Waals surface area contributed by atoms with E-state index in [0.717, 1.165) is 12.3 Å². The lowest BCUT2D eigenvalue weighted by Crippen LogP contribution is -2.07. The SMILES string of the molecule is CC(C)CCCOC(C)O. The van der Waals surface area contributed by atoms with E-state index in [0.29, 0.717) is 6.61 Å². The topological polar surface area (TPSA) is 29.5 Å². The molecule has 0 bridgehead atoms. The van der Waals surface area contributed by atoms with E-state index in [1.54, 1.807) is 6.92 Å². The Bertz CT molecular complexity index is 59.7. The molecule has 1 atom stereocenters. The van der Waals surface area contributed by atoms with Gasteiger partial charge < -0.3 is 9.84 Å². The van der Waals surface area contributed by atoms with E-state index in [1.807, 2.05) is 0 Å². The van der Waals surface area contributed by atoms with Crippen molar-refractivity contribution in [1.29, 1.82) is 0 Å². The Labute approximate surface area is 63.2 Å². The van der Waals surface area contributed by atoms with Crippen LogP contribution < -0.4 is 0 Å². The molecule has 0 fully saturated rings. The molecule has 2 nitrogen and oxygen atoms in total. The highest BCUT2D eigenvalue weighted by atomic mass is 16.6. The summed E-state index contributed by atoms with van der Waals surface area (Å²) in [6.45, 7) is 6.68. The van der Waals surface area contributed by atoms with Gasteiger partial charge in [0.15, 0.2) is 6.29 Å². The van der Waals surface area contributed by atoms with Gasteiger partial charge in [0.2, 0.25) is 0 Å². The van der Waals surface area contributed by atoms with Crippen LogP contribution in [0.3, 0.4) is 0 Å². The molecular weight excluding hydrogens is 128 g/mol. The van der Waals surface area contributed by atoms with Gasteiger partial charge in [0.05, 0.1) is 0 Å². The fourth-order valence-electron chi connectivity index (χ4n) is 0.745. The van der Waals surface area contributed by atoms with Crippen molar-refractivity contribution in [1.82, 2.24) is 0 Å². The van der Waals surface area contributed by atoms with Crippen molar-refractivity contribution in [3.63, 3.8) is 0 Å². The lowest BCUT2D eigenvalue weighted by atomic mass is 10.1. The third-order valence-corrected chi connectivity index (χ3v) is 1.28. The summed E-state index contributed by atoms with van der Waals surface area (Å²) in [4.78, 5) is 0. The van der Waals surface area contributed by atoms with Crippen molar-refractivity contribution in [3.8, 4) is 0 Å². The third kappa shape index (κ3) is 7.92. The van der Waals surface area contributed by atoms with Crippen LogP contribution in [0.1, 0.15) is 33.6 Å². The molecule has 10 heavy (non-hydrogen) atoms. The number of ether oxygens (including phenoxy) is 1. The molecule has 0 aliphatic heterocycles. The van der Waals surface area contributed by atoms with Crippen LogP contribution in [0, 0.1) is 5.92 Å². The number of hydrogen-bond acceptors (Lipinski definition) is 2. The van der Waals surface area contributed by atoms with E-state index >= 15 is 0 Å². The summed E-state index contributed by atoms with van der Waals surface area (Å²) in [6.07, 6.45) is 1.61. The van der Waals surface area contributed by atoms with Crippen molar-refractivity contribution in [2.75, 3.05) is 6.61 Å². The summed E-state index contributed by atoms with van der Waals surface area (Å²) >= 11 is 0. The minimum atomic E-state index is -0.604. The van der Waals surface area contributed by atoms with Crippen LogP contribution in [-0.2, 0) is 4.74 Å². The van der Waals surface area contributed by atoms with Crippen LogP contribution in [0.4, 0.5) is 0 Å². The van der Waals surface area contributed by atoms with Gasteiger partial charge in [-0.25, -0.2) is 0 Å². The summed E-state index contributed by atoms with van der Waals surface area (Å²) in [6, 6.07) is 0. The van der Waals surface area contributed by atoms with Crippen LogP contribution in [-0.4, -0.2) is 18.0 Å². The Balaban J connectivity index is 2.91. The summed E-state index contributed by atoms with van der Waals surface area (Å²) in [5, 5.41) is 8.70. The lowest BCUT2D eigenvalue weighted by Gasteiger charge is -2.07. The molecule has 0 aromatic carbocycles. The Morgan fingerprint density at radius 3 is 2.30 bits per heavy atom. The highest BCUT2D eigenvalue weighted by molar-refractivity contribution is 4.44. The maximum Gasteiger partial charge on any atom is 0.151 e. The van der Waals surface area contributed by atoms with Crippen molar-refractivity contribution in [2.24, 2.45) is 5.92 Å². The maximum absolute atomic E-state index is 8.70. The monoisotopic (exact) mass is 146 g/mol. The summed E-state index contributed by atoms with van der Waals surface area (Å²) in [5.74, 6) is 0.734. The number of rotatable bonds is 5.